The number of rotatable bonds is 5. The molecule has 0 aliphatic heterocycles. The van der Waals surface area contributed by atoms with Crippen LogP contribution >= 0.6 is 11.6 Å². The molecule has 0 spiro atoms. The lowest BCUT2D eigenvalue weighted by Gasteiger charge is -2.27. The Kier molecular flexibility index (Phi) is 5.28. The molecule has 0 unspecified atom stereocenters. The highest BCUT2D eigenvalue weighted by molar-refractivity contribution is 6.30. The minimum Gasteiger partial charge on any atom is -0.392 e. The van der Waals surface area contributed by atoms with Gasteiger partial charge in [0.2, 0.25) is 0 Å². The summed E-state index contributed by atoms with van der Waals surface area (Å²) in [5, 5.41) is 9.59. The van der Waals surface area contributed by atoms with E-state index in [-0.39, 0.29) is 13.2 Å². The largest absolute Gasteiger partial charge is 0.405 e. The Morgan fingerprint density at radius 2 is 2.00 bits per heavy atom. The molecule has 1 aromatic carbocycles. The molecule has 0 heterocycles. The van der Waals surface area contributed by atoms with Crippen LogP contribution in [0.15, 0.2) is 18.2 Å². The average Bonchev–Trinajstić information content (AvgIpc) is 2.26. The molecule has 0 aliphatic carbocycles. The highest BCUT2D eigenvalue weighted by Gasteiger charge is 2.31. The summed E-state index contributed by atoms with van der Waals surface area (Å²) in [6.45, 7) is 0.704. The van der Waals surface area contributed by atoms with E-state index in [1.54, 1.807) is 6.92 Å². The minimum absolute atomic E-state index is 0.272. The topological polar surface area (TPSA) is 23.5 Å². The van der Waals surface area contributed by atoms with Crippen LogP contribution in [0.2, 0.25) is 5.02 Å². The van der Waals surface area contributed by atoms with Crippen LogP contribution in [0, 0.1) is 0 Å². The number of anilines is 1. The van der Waals surface area contributed by atoms with Crippen LogP contribution in [-0.4, -0.2) is 24.4 Å². The van der Waals surface area contributed by atoms with Crippen molar-refractivity contribution in [1.82, 2.24) is 0 Å². The Bertz CT molecular complexity index is 395. The van der Waals surface area contributed by atoms with Crippen molar-refractivity contribution in [3.63, 3.8) is 0 Å². The second-order valence-corrected chi connectivity index (χ2v) is 4.40. The standard InChI is InChI=1S/C12H15ClF3NO/c1-2-5-17(8-12(14,15)16)11-4-3-10(13)6-9(11)7-18/h3-4,6,18H,2,5,7-8H2,1H3. The van der Waals surface area contributed by atoms with Gasteiger partial charge in [0.15, 0.2) is 0 Å². The van der Waals surface area contributed by atoms with E-state index < -0.39 is 12.7 Å². The van der Waals surface area contributed by atoms with E-state index in [0.717, 1.165) is 0 Å². The first-order chi connectivity index (χ1) is 8.37. The summed E-state index contributed by atoms with van der Waals surface area (Å²) in [7, 11) is 0. The fourth-order valence-corrected chi connectivity index (χ4v) is 1.95. The molecule has 0 saturated carbocycles. The van der Waals surface area contributed by atoms with E-state index in [1.165, 1.54) is 23.1 Å². The lowest BCUT2D eigenvalue weighted by Crippen LogP contribution is -2.35. The van der Waals surface area contributed by atoms with Crippen molar-refractivity contribution < 1.29 is 18.3 Å². The van der Waals surface area contributed by atoms with Crippen LogP contribution in [0.1, 0.15) is 18.9 Å². The first kappa shape index (κ1) is 15.1. The van der Waals surface area contributed by atoms with Gasteiger partial charge in [-0.25, -0.2) is 0 Å². The van der Waals surface area contributed by atoms with Gasteiger partial charge in [0.1, 0.15) is 6.54 Å². The summed E-state index contributed by atoms with van der Waals surface area (Å²) in [6.07, 6.45) is -3.69. The molecule has 0 aromatic heterocycles. The predicted octanol–water partition coefficient (Wildman–Crippen LogP) is 3.61. The van der Waals surface area contributed by atoms with E-state index in [9.17, 15) is 18.3 Å². The van der Waals surface area contributed by atoms with E-state index in [1.807, 2.05) is 0 Å². The lowest BCUT2D eigenvalue weighted by molar-refractivity contribution is -0.119. The van der Waals surface area contributed by atoms with Gasteiger partial charge in [-0.15, -0.1) is 0 Å². The maximum absolute atomic E-state index is 12.5. The molecule has 0 aliphatic rings. The van der Waals surface area contributed by atoms with Gasteiger partial charge < -0.3 is 10.0 Å². The zero-order valence-corrected chi connectivity index (χ0v) is 10.7. The maximum atomic E-state index is 12.5. The molecular weight excluding hydrogens is 267 g/mol. The second-order valence-electron chi connectivity index (χ2n) is 3.97. The molecule has 0 saturated heterocycles. The van der Waals surface area contributed by atoms with E-state index in [0.29, 0.717) is 22.7 Å². The Morgan fingerprint density at radius 1 is 1.33 bits per heavy atom. The molecule has 0 radical (unpaired) electrons. The molecule has 6 heteroatoms. The predicted molar refractivity (Wildman–Crippen MR) is 65.9 cm³/mol. The fourth-order valence-electron chi connectivity index (χ4n) is 1.76. The van der Waals surface area contributed by atoms with Crippen LogP contribution in [0.25, 0.3) is 0 Å². The first-order valence-corrected chi connectivity index (χ1v) is 5.96. The Labute approximate surface area is 109 Å². The third kappa shape index (κ3) is 4.38. The molecule has 0 atom stereocenters. The van der Waals surface area contributed by atoms with Crippen LogP contribution in [0.4, 0.5) is 18.9 Å². The molecule has 1 rings (SSSR count). The van der Waals surface area contributed by atoms with Crippen molar-refractivity contribution >= 4 is 17.3 Å². The third-order valence-electron chi connectivity index (χ3n) is 2.42. The molecule has 18 heavy (non-hydrogen) atoms. The van der Waals surface area contributed by atoms with Gasteiger partial charge in [0.25, 0.3) is 0 Å². The normalized spacial score (nSPS) is 11.7. The number of hydrogen-bond donors (Lipinski definition) is 1. The summed E-state index contributed by atoms with van der Waals surface area (Å²) in [6, 6.07) is 4.51. The quantitative estimate of drug-likeness (QED) is 0.891. The van der Waals surface area contributed by atoms with E-state index >= 15 is 0 Å². The molecule has 2 nitrogen and oxygen atoms in total. The second kappa shape index (κ2) is 6.29. The summed E-state index contributed by atoms with van der Waals surface area (Å²) >= 11 is 5.76. The SMILES string of the molecule is CCCN(CC(F)(F)F)c1ccc(Cl)cc1CO. The Morgan fingerprint density at radius 3 is 2.50 bits per heavy atom. The van der Waals surface area contributed by atoms with Crippen molar-refractivity contribution in [3.8, 4) is 0 Å². The van der Waals surface area contributed by atoms with Crippen molar-refractivity contribution in [1.29, 1.82) is 0 Å². The number of benzene rings is 1. The number of hydrogen-bond acceptors (Lipinski definition) is 2. The average molecular weight is 282 g/mol. The van der Waals surface area contributed by atoms with Gasteiger partial charge in [-0.05, 0) is 24.6 Å². The van der Waals surface area contributed by atoms with Gasteiger partial charge in [-0.1, -0.05) is 18.5 Å². The third-order valence-corrected chi connectivity index (χ3v) is 2.65. The Balaban J connectivity index is 3.04. The summed E-state index contributed by atoms with van der Waals surface area (Å²) in [5.74, 6) is 0. The molecule has 0 amide bonds. The summed E-state index contributed by atoms with van der Waals surface area (Å²) in [4.78, 5) is 1.21. The number of aliphatic hydroxyl groups excluding tert-OH is 1. The van der Waals surface area contributed by atoms with Crippen LogP contribution in [-0.2, 0) is 6.61 Å². The van der Waals surface area contributed by atoms with Crippen molar-refractivity contribution in [3.05, 3.63) is 28.8 Å². The lowest BCUT2D eigenvalue weighted by atomic mass is 10.1. The van der Waals surface area contributed by atoms with Gasteiger partial charge in [0, 0.05) is 22.8 Å². The summed E-state index contributed by atoms with van der Waals surface area (Å²) < 4.78 is 37.5. The zero-order chi connectivity index (χ0) is 13.8. The van der Waals surface area contributed by atoms with E-state index in [4.69, 9.17) is 11.6 Å². The van der Waals surface area contributed by atoms with Gasteiger partial charge in [-0.2, -0.15) is 13.2 Å². The number of aliphatic hydroxyl groups is 1. The van der Waals surface area contributed by atoms with Crippen LogP contribution in [0.5, 0.6) is 0 Å². The summed E-state index contributed by atoms with van der Waals surface area (Å²) in [5.41, 5.74) is 0.779. The van der Waals surface area contributed by atoms with Crippen LogP contribution in [0.3, 0.4) is 0 Å². The van der Waals surface area contributed by atoms with Crippen LogP contribution < -0.4 is 4.90 Å². The molecule has 102 valence electrons. The highest BCUT2D eigenvalue weighted by atomic mass is 35.5. The van der Waals surface area contributed by atoms with Crippen molar-refractivity contribution in [2.24, 2.45) is 0 Å². The van der Waals surface area contributed by atoms with E-state index in [2.05, 4.69) is 0 Å². The molecule has 1 aromatic rings. The van der Waals surface area contributed by atoms with Gasteiger partial charge >= 0.3 is 6.18 Å². The molecule has 0 bridgehead atoms. The van der Waals surface area contributed by atoms with Gasteiger partial charge in [0.05, 0.1) is 6.61 Å². The minimum atomic E-state index is -4.28. The zero-order valence-electron chi connectivity index (χ0n) is 9.97. The molecular formula is C12H15ClF3NO. The van der Waals surface area contributed by atoms with Crippen molar-refractivity contribution in [2.75, 3.05) is 18.0 Å². The number of halogens is 4. The number of nitrogens with zero attached hydrogens (tertiary/aromatic N) is 1. The molecule has 1 N–H and O–H groups in total. The van der Waals surface area contributed by atoms with Crippen molar-refractivity contribution in [2.45, 2.75) is 26.1 Å². The Hall–Kier alpha value is -0.940. The smallest absolute Gasteiger partial charge is 0.392 e. The molecule has 0 fully saturated rings. The number of alkyl halides is 3. The maximum Gasteiger partial charge on any atom is 0.405 e. The monoisotopic (exact) mass is 281 g/mol. The fraction of sp³-hybridized carbons (Fsp3) is 0.500. The van der Waals surface area contributed by atoms with Gasteiger partial charge in [-0.3, -0.25) is 0 Å². The highest BCUT2D eigenvalue weighted by Crippen LogP contribution is 2.28. The first-order valence-electron chi connectivity index (χ1n) is 5.58.